The predicted molar refractivity (Wildman–Crippen MR) is 259 cm³/mol. The van der Waals surface area contributed by atoms with Crippen molar-refractivity contribution in [3.05, 3.63) is 0 Å². The summed E-state index contributed by atoms with van der Waals surface area (Å²) in [5.74, 6) is -0.254. The standard InChI is InChI=1S/C52H104N2O9/c1-4-7-10-13-16-17-18-19-21-24-27-32-37-45(56)48(58)44(43-62-52-51(61)50(60)49(59)46(42-55)63-52)53-47(57)38-33-28-25-22-20-23-26-31-36-41-54(39-34-29-14-11-8-5-2)40-35-30-15-12-9-6-3/h44-46,48-52,55-56,58-61H,4-43H2,1-3H3,(H,53,57)/t44-,45+,46+,48-,49-,50-,51+,52-/m0/s1. The molecule has 0 aliphatic carbocycles. The fourth-order valence-electron chi connectivity index (χ4n) is 8.97. The molecule has 1 heterocycles. The zero-order valence-electron chi connectivity index (χ0n) is 41.3. The molecule has 0 radical (unpaired) electrons. The molecule has 0 aromatic rings. The molecule has 0 aromatic carbocycles. The van der Waals surface area contributed by atoms with Crippen LogP contribution < -0.4 is 5.32 Å². The second kappa shape index (κ2) is 42.5. The maximum atomic E-state index is 13.1. The Kier molecular flexibility index (Phi) is 40.5. The summed E-state index contributed by atoms with van der Waals surface area (Å²) >= 11 is 0. The third-order valence-corrected chi connectivity index (χ3v) is 13.3. The Balaban J connectivity index is 2.43. The summed E-state index contributed by atoms with van der Waals surface area (Å²) < 4.78 is 11.2. The van der Waals surface area contributed by atoms with Crippen molar-refractivity contribution < 1.29 is 44.9 Å². The SMILES string of the molecule is CCCCCCCCCCCCCC[C@@H](O)[C@@H](O)[C@H](CO[C@H]1O[C@H](CO)[C@H](O)[C@H](O)[C@H]1O)NC(=O)CCCCCCCCCCCN(CCCCCCCC)CCCCCCCC. The molecule has 0 aromatic heterocycles. The van der Waals surface area contributed by atoms with Crippen molar-refractivity contribution in [2.45, 2.75) is 294 Å². The molecular weight excluding hydrogens is 797 g/mol. The first-order valence-corrected chi connectivity index (χ1v) is 27.0. The molecule has 0 spiro atoms. The Morgan fingerprint density at radius 2 is 0.921 bits per heavy atom. The van der Waals surface area contributed by atoms with E-state index in [-0.39, 0.29) is 18.9 Å². The van der Waals surface area contributed by atoms with Crippen LogP contribution in [0.3, 0.4) is 0 Å². The molecule has 7 N–H and O–H groups in total. The van der Waals surface area contributed by atoms with Crippen LogP contribution in [0.1, 0.15) is 245 Å². The van der Waals surface area contributed by atoms with Gasteiger partial charge in [0.15, 0.2) is 6.29 Å². The predicted octanol–water partition coefficient (Wildman–Crippen LogP) is 10.0. The Labute approximate surface area is 387 Å². The van der Waals surface area contributed by atoms with Crippen LogP contribution in [0.15, 0.2) is 0 Å². The number of rotatable bonds is 46. The summed E-state index contributed by atoms with van der Waals surface area (Å²) in [4.78, 5) is 15.9. The normalized spacial score (nSPS) is 20.6. The van der Waals surface area contributed by atoms with Gasteiger partial charge in [-0.1, -0.05) is 207 Å². The number of amides is 1. The van der Waals surface area contributed by atoms with Gasteiger partial charge >= 0.3 is 0 Å². The van der Waals surface area contributed by atoms with Gasteiger partial charge in [-0.25, -0.2) is 0 Å². The molecule has 63 heavy (non-hydrogen) atoms. The van der Waals surface area contributed by atoms with E-state index >= 15 is 0 Å². The van der Waals surface area contributed by atoms with Gasteiger partial charge in [-0.15, -0.1) is 0 Å². The van der Waals surface area contributed by atoms with Crippen molar-refractivity contribution in [3.8, 4) is 0 Å². The van der Waals surface area contributed by atoms with Gasteiger partial charge in [0.1, 0.15) is 30.5 Å². The number of carbonyl (C=O) groups excluding carboxylic acids is 1. The molecule has 1 fully saturated rings. The molecule has 0 bridgehead atoms. The van der Waals surface area contributed by atoms with Gasteiger partial charge in [0, 0.05) is 6.42 Å². The van der Waals surface area contributed by atoms with E-state index < -0.39 is 55.6 Å². The molecule has 11 heteroatoms. The molecule has 11 nitrogen and oxygen atoms in total. The number of nitrogens with one attached hydrogen (secondary N) is 1. The monoisotopic (exact) mass is 901 g/mol. The Morgan fingerprint density at radius 1 is 0.540 bits per heavy atom. The summed E-state index contributed by atoms with van der Waals surface area (Å²) in [6.07, 6.45) is 31.8. The second-order valence-corrected chi connectivity index (χ2v) is 19.2. The average Bonchev–Trinajstić information content (AvgIpc) is 3.28. The quantitative estimate of drug-likeness (QED) is 0.0292. The summed E-state index contributed by atoms with van der Waals surface area (Å²) in [6, 6.07) is -0.990. The summed E-state index contributed by atoms with van der Waals surface area (Å²) in [6.45, 7) is 9.67. The maximum absolute atomic E-state index is 13.1. The number of aliphatic hydroxyl groups excluding tert-OH is 6. The third kappa shape index (κ3) is 31.7. The number of carbonyl (C=O) groups is 1. The first-order chi connectivity index (χ1) is 30.7. The molecular formula is C52H104N2O9. The summed E-state index contributed by atoms with van der Waals surface area (Å²) in [7, 11) is 0. The molecule has 1 aliphatic rings. The smallest absolute Gasteiger partial charge is 0.220 e. The first-order valence-electron chi connectivity index (χ1n) is 27.0. The van der Waals surface area contributed by atoms with Crippen molar-refractivity contribution in [1.82, 2.24) is 10.2 Å². The van der Waals surface area contributed by atoms with Crippen LogP contribution in [0, 0.1) is 0 Å². The Morgan fingerprint density at radius 3 is 1.33 bits per heavy atom. The van der Waals surface area contributed by atoms with E-state index in [1.807, 2.05) is 0 Å². The third-order valence-electron chi connectivity index (χ3n) is 13.3. The molecule has 1 amide bonds. The van der Waals surface area contributed by atoms with Crippen LogP contribution in [0.25, 0.3) is 0 Å². The van der Waals surface area contributed by atoms with Gasteiger partial charge in [-0.05, 0) is 51.7 Å². The number of ether oxygens (including phenoxy) is 2. The second-order valence-electron chi connectivity index (χ2n) is 19.2. The van der Waals surface area contributed by atoms with E-state index in [9.17, 15) is 35.4 Å². The summed E-state index contributed by atoms with van der Waals surface area (Å²) in [5.41, 5.74) is 0. The minimum absolute atomic E-state index is 0.254. The highest BCUT2D eigenvalue weighted by molar-refractivity contribution is 5.76. The first kappa shape index (κ1) is 60.1. The molecule has 8 atom stereocenters. The van der Waals surface area contributed by atoms with Crippen LogP contribution in [-0.2, 0) is 14.3 Å². The van der Waals surface area contributed by atoms with Crippen molar-refractivity contribution in [3.63, 3.8) is 0 Å². The van der Waals surface area contributed by atoms with E-state index in [2.05, 4.69) is 31.0 Å². The molecule has 0 saturated carbocycles. The lowest BCUT2D eigenvalue weighted by molar-refractivity contribution is -0.303. The maximum Gasteiger partial charge on any atom is 0.220 e. The molecule has 1 aliphatic heterocycles. The lowest BCUT2D eigenvalue weighted by Gasteiger charge is -2.40. The van der Waals surface area contributed by atoms with E-state index in [1.165, 1.54) is 180 Å². The van der Waals surface area contributed by atoms with Gasteiger partial charge < -0.3 is 50.3 Å². The van der Waals surface area contributed by atoms with Crippen molar-refractivity contribution >= 4 is 5.91 Å². The van der Waals surface area contributed by atoms with E-state index in [4.69, 9.17) is 9.47 Å². The molecule has 0 unspecified atom stereocenters. The minimum Gasteiger partial charge on any atom is -0.394 e. The largest absolute Gasteiger partial charge is 0.394 e. The molecule has 1 saturated heterocycles. The van der Waals surface area contributed by atoms with Crippen LogP contribution in [0.2, 0.25) is 0 Å². The van der Waals surface area contributed by atoms with Gasteiger partial charge in [-0.2, -0.15) is 0 Å². The lowest BCUT2D eigenvalue weighted by Crippen LogP contribution is -2.60. The van der Waals surface area contributed by atoms with E-state index in [0.29, 0.717) is 6.42 Å². The van der Waals surface area contributed by atoms with Gasteiger partial charge in [0.05, 0.1) is 25.4 Å². The fraction of sp³-hybridized carbons (Fsp3) is 0.981. The van der Waals surface area contributed by atoms with Crippen molar-refractivity contribution in [2.24, 2.45) is 0 Å². The molecule has 376 valence electrons. The highest BCUT2D eigenvalue weighted by Crippen LogP contribution is 2.23. The van der Waals surface area contributed by atoms with Crippen LogP contribution >= 0.6 is 0 Å². The Hall–Kier alpha value is -0.890. The Bertz CT molecular complexity index is 977. The minimum atomic E-state index is -1.61. The number of hydrogen-bond acceptors (Lipinski definition) is 10. The van der Waals surface area contributed by atoms with Gasteiger partial charge in [-0.3, -0.25) is 4.79 Å². The van der Waals surface area contributed by atoms with Crippen molar-refractivity contribution in [2.75, 3.05) is 32.8 Å². The van der Waals surface area contributed by atoms with E-state index in [0.717, 1.165) is 51.4 Å². The molecule has 1 rings (SSSR count). The lowest BCUT2D eigenvalue weighted by atomic mass is 9.98. The number of unbranched alkanes of at least 4 members (excludes halogenated alkanes) is 29. The zero-order chi connectivity index (χ0) is 46.2. The number of hydrogen-bond donors (Lipinski definition) is 7. The van der Waals surface area contributed by atoms with Crippen LogP contribution in [0.5, 0.6) is 0 Å². The summed E-state index contributed by atoms with van der Waals surface area (Å²) in [5, 5.41) is 65.5. The van der Waals surface area contributed by atoms with Crippen molar-refractivity contribution in [1.29, 1.82) is 0 Å². The highest BCUT2D eigenvalue weighted by Gasteiger charge is 2.44. The average molecular weight is 901 g/mol. The van der Waals surface area contributed by atoms with Gasteiger partial charge in [0.2, 0.25) is 5.91 Å². The van der Waals surface area contributed by atoms with Gasteiger partial charge in [0.25, 0.3) is 0 Å². The van der Waals surface area contributed by atoms with Crippen LogP contribution in [0.4, 0.5) is 0 Å². The van der Waals surface area contributed by atoms with Crippen LogP contribution in [-0.4, -0.2) is 123 Å². The number of nitrogens with zero attached hydrogens (tertiary/aromatic N) is 1. The van der Waals surface area contributed by atoms with E-state index in [1.54, 1.807) is 0 Å². The highest BCUT2D eigenvalue weighted by atomic mass is 16.7. The topological polar surface area (TPSA) is 172 Å². The fourth-order valence-corrected chi connectivity index (χ4v) is 8.97. The number of aliphatic hydroxyl groups is 6. The zero-order valence-corrected chi connectivity index (χ0v) is 41.3.